The summed E-state index contributed by atoms with van der Waals surface area (Å²) in [5.74, 6) is 0. The molecule has 2 atom stereocenters. The minimum Gasteiger partial charge on any atom is -0.393 e. The van der Waals surface area contributed by atoms with E-state index >= 15 is 0 Å². The fourth-order valence-electron chi connectivity index (χ4n) is 3.07. The van der Waals surface area contributed by atoms with Crippen molar-refractivity contribution in [2.24, 2.45) is 5.41 Å². The molecular weight excluding hydrogens is 302 g/mol. The summed E-state index contributed by atoms with van der Waals surface area (Å²) in [6.45, 7) is 7.23. The van der Waals surface area contributed by atoms with Gasteiger partial charge in [0.05, 0.1) is 6.10 Å². The van der Waals surface area contributed by atoms with E-state index in [-0.39, 0.29) is 11.5 Å². The van der Waals surface area contributed by atoms with Gasteiger partial charge in [-0.25, -0.2) is 0 Å². The Morgan fingerprint density at radius 3 is 2.89 bits per heavy atom. The van der Waals surface area contributed by atoms with Crippen molar-refractivity contribution in [1.29, 1.82) is 0 Å². The lowest BCUT2D eigenvalue weighted by Crippen LogP contribution is -2.33. The van der Waals surface area contributed by atoms with Crippen LogP contribution in [-0.2, 0) is 6.42 Å². The number of aryl methyl sites for hydroxylation is 1. The lowest BCUT2D eigenvalue weighted by molar-refractivity contribution is 0.126. The number of hydrogen-bond acceptors (Lipinski definition) is 2. The van der Waals surface area contributed by atoms with Gasteiger partial charge in [-0.15, -0.1) is 0 Å². The third kappa shape index (κ3) is 4.04. The molecule has 1 aromatic rings. The average molecular weight is 326 g/mol. The van der Waals surface area contributed by atoms with Gasteiger partial charge in [0.2, 0.25) is 0 Å². The first kappa shape index (κ1) is 15.0. The molecule has 2 N–H and O–H groups in total. The summed E-state index contributed by atoms with van der Waals surface area (Å²) < 4.78 is 1.17. The second-order valence-corrected chi connectivity index (χ2v) is 7.45. The van der Waals surface area contributed by atoms with Crippen molar-refractivity contribution in [3.63, 3.8) is 0 Å². The summed E-state index contributed by atoms with van der Waals surface area (Å²) in [5, 5.41) is 13.2. The van der Waals surface area contributed by atoms with E-state index in [4.69, 9.17) is 0 Å². The van der Waals surface area contributed by atoms with Gasteiger partial charge in [-0.05, 0) is 54.9 Å². The normalized spacial score (nSPS) is 20.4. The molecule has 0 saturated carbocycles. The molecule has 106 valence electrons. The third-order valence-corrected chi connectivity index (χ3v) is 4.35. The first-order chi connectivity index (χ1) is 8.87. The maximum Gasteiger partial charge on any atom is 0.0517 e. The molecule has 0 aliphatic heterocycles. The highest BCUT2D eigenvalue weighted by Gasteiger charge is 2.26. The van der Waals surface area contributed by atoms with E-state index in [0.29, 0.717) is 6.04 Å². The fraction of sp³-hybridized carbons (Fsp3) is 0.625. The van der Waals surface area contributed by atoms with Crippen LogP contribution in [0, 0.1) is 5.41 Å². The third-order valence-electron chi connectivity index (χ3n) is 3.86. The molecule has 2 unspecified atom stereocenters. The van der Waals surface area contributed by atoms with E-state index in [0.717, 1.165) is 19.4 Å². The summed E-state index contributed by atoms with van der Waals surface area (Å²) in [6, 6.07) is 7.06. The quantitative estimate of drug-likeness (QED) is 0.862. The summed E-state index contributed by atoms with van der Waals surface area (Å²) in [5.41, 5.74) is 3.03. The molecule has 0 aromatic heterocycles. The van der Waals surface area contributed by atoms with Gasteiger partial charge in [0, 0.05) is 17.1 Å². The summed E-state index contributed by atoms with van der Waals surface area (Å²) >= 11 is 3.53. The van der Waals surface area contributed by atoms with Crippen molar-refractivity contribution in [2.45, 2.75) is 52.2 Å². The molecule has 19 heavy (non-hydrogen) atoms. The van der Waals surface area contributed by atoms with E-state index in [1.165, 1.54) is 22.0 Å². The Morgan fingerprint density at radius 1 is 1.47 bits per heavy atom. The van der Waals surface area contributed by atoms with E-state index in [1.54, 1.807) is 0 Å². The SMILES string of the molecule is CC(O)CC(C)(C)CNC1CCc2cc(Br)ccc21. The minimum atomic E-state index is -0.233. The first-order valence-electron chi connectivity index (χ1n) is 7.07. The van der Waals surface area contributed by atoms with E-state index in [2.05, 4.69) is 53.3 Å². The summed E-state index contributed by atoms with van der Waals surface area (Å²) in [7, 11) is 0. The Morgan fingerprint density at radius 2 is 2.21 bits per heavy atom. The summed E-state index contributed by atoms with van der Waals surface area (Å²) in [6.07, 6.45) is 2.93. The molecule has 0 radical (unpaired) electrons. The number of benzene rings is 1. The van der Waals surface area contributed by atoms with Crippen LogP contribution in [-0.4, -0.2) is 17.8 Å². The van der Waals surface area contributed by atoms with Gasteiger partial charge in [-0.3, -0.25) is 0 Å². The maximum atomic E-state index is 9.54. The van der Waals surface area contributed by atoms with Crippen LogP contribution in [0.2, 0.25) is 0 Å². The van der Waals surface area contributed by atoms with Crippen LogP contribution >= 0.6 is 15.9 Å². The minimum absolute atomic E-state index is 0.131. The zero-order valence-corrected chi connectivity index (χ0v) is 13.6. The lowest BCUT2D eigenvalue weighted by atomic mass is 9.86. The van der Waals surface area contributed by atoms with Crippen LogP contribution in [0.15, 0.2) is 22.7 Å². The van der Waals surface area contributed by atoms with Crippen LogP contribution in [0.3, 0.4) is 0 Å². The molecule has 0 amide bonds. The second-order valence-electron chi connectivity index (χ2n) is 6.53. The Bertz CT molecular complexity index is 442. The van der Waals surface area contributed by atoms with Gasteiger partial charge in [-0.2, -0.15) is 0 Å². The number of aliphatic hydroxyl groups excluding tert-OH is 1. The fourth-order valence-corrected chi connectivity index (χ4v) is 3.48. The van der Waals surface area contributed by atoms with Crippen molar-refractivity contribution < 1.29 is 5.11 Å². The first-order valence-corrected chi connectivity index (χ1v) is 7.86. The van der Waals surface area contributed by atoms with E-state index in [1.807, 2.05) is 6.92 Å². The standard InChI is InChI=1S/C16H24BrNO/c1-11(19)9-16(2,3)10-18-15-7-4-12-8-13(17)5-6-14(12)15/h5-6,8,11,15,18-19H,4,7,9-10H2,1-3H3. The van der Waals surface area contributed by atoms with E-state index in [9.17, 15) is 5.11 Å². The van der Waals surface area contributed by atoms with Gasteiger partial charge in [0.15, 0.2) is 0 Å². The highest BCUT2D eigenvalue weighted by Crippen LogP contribution is 2.34. The molecule has 2 nitrogen and oxygen atoms in total. The molecule has 3 heteroatoms. The molecule has 2 rings (SSSR count). The Balaban J connectivity index is 1.96. The molecule has 0 bridgehead atoms. The van der Waals surface area contributed by atoms with Gasteiger partial charge in [0.1, 0.15) is 0 Å². The number of aliphatic hydroxyl groups is 1. The highest BCUT2D eigenvalue weighted by atomic mass is 79.9. The average Bonchev–Trinajstić information content (AvgIpc) is 2.67. The Hall–Kier alpha value is -0.380. The number of halogens is 1. The van der Waals surface area contributed by atoms with Gasteiger partial charge in [-0.1, -0.05) is 35.8 Å². The van der Waals surface area contributed by atoms with Crippen molar-refractivity contribution >= 4 is 15.9 Å². The zero-order valence-electron chi connectivity index (χ0n) is 12.0. The maximum absolute atomic E-state index is 9.54. The molecule has 0 fully saturated rings. The topological polar surface area (TPSA) is 32.3 Å². The second kappa shape index (κ2) is 5.94. The highest BCUT2D eigenvalue weighted by molar-refractivity contribution is 9.10. The zero-order chi connectivity index (χ0) is 14.0. The van der Waals surface area contributed by atoms with Crippen LogP contribution in [0.4, 0.5) is 0 Å². The Labute approximate surface area is 124 Å². The molecule has 1 aliphatic rings. The van der Waals surface area contributed by atoms with Gasteiger partial charge in [0.25, 0.3) is 0 Å². The van der Waals surface area contributed by atoms with Crippen molar-refractivity contribution in [3.8, 4) is 0 Å². The predicted octanol–water partition coefficient (Wildman–Crippen LogP) is 3.82. The molecule has 1 aromatic carbocycles. The Kier molecular flexibility index (Phi) is 4.70. The van der Waals surface area contributed by atoms with Gasteiger partial charge >= 0.3 is 0 Å². The van der Waals surface area contributed by atoms with Crippen LogP contribution in [0.25, 0.3) is 0 Å². The van der Waals surface area contributed by atoms with E-state index < -0.39 is 0 Å². The van der Waals surface area contributed by atoms with Crippen molar-refractivity contribution in [3.05, 3.63) is 33.8 Å². The molecular formula is C16H24BrNO. The van der Waals surface area contributed by atoms with Gasteiger partial charge < -0.3 is 10.4 Å². The molecule has 0 heterocycles. The largest absolute Gasteiger partial charge is 0.393 e. The molecule has 0 saturated heterocycles. The van der Waals surface area contributed by atoms with Crippen LogP contribution < -0.4 is 5.32 Å². The van der Waals surface area contributed by atoms with Crippen LogP contribution in [0.1, 0.15) is 50.8 Å². The van der Waals surface area contributed by atoms with Crippen LogP contribution in [0.5, 0.6) is 0 Å². The lowest BCUT2D eigenvalue weighted by Gasteiger charge is -2.28. The number of nitrogens with one attached hydrogen (secondary N) is 1. The monoisotopic (exact) mass is 325 g/mol. The number of rotatable bonds is 5. The smallest absolute Gasteiger partial charge is 0.0517 e. The van der Waals surface area contributed by atoms with Crippen molar-refractivity contribution in [1.82, 2.24) is 5.32 Å². The molecule has 0 spiro atoms. The summed E-state index contributed by atoms with van der Waals surface area (Å²) in [4.78, 5) is 0. The van der Waals surface area contributed by atoms with Crippen molar-refractivity contribution in [2.75, 3.05) is 6.54 Å². The predicted molar refractivity (Wildman–Crippen MR) is 83.3 cm³/mol. The number of hydrogen-bond donors (Lipinski definition) is 2. The number of fused-ring (bicyclic) bond motifs is 1. The molecule has 1 aliphatic carbocycles.